The third-order valence-corrected chi connectivity index (χ3v) is 2.65. The molecule has 0 unspecified atom stereocenters. The van der Waals surface area contributed by atoms with Gasteiger partial charge in [0.2, 0.25) is 0 Å². The van der Waals surface area contributed by atoms with Crippen LogP contribution in [0.25, 0.3) is 10.8 Å². The van der Waals surface area contributed by atoms with Crippen molar-refractivity contribution in [2.45, 2.75) is 6.42 Å². The normalized spacial score (nSPS) is 10.7. The van der Waals surface area contributed by atoms with Crippen molar-refractivity contribution in [2.75, 3.05) is 6.61 Å². The van der Waals surface area contributed by atoms with Crippen LogP contribution in [-0.2, 0) is 6.42 Å². The molecule has 1 nitrogen and oxygen atoms in total. The van der Waals surface area contributed by atoms with Gasteiger partial charge in [-0.1, -0.05) is 35.9 Å². The van der Waals surface area contributed by atoms with Crippen molar-refractivity contribution in [1.82, 2.24) is 0 Å². The summed E-state index contributed by atoms with van der Waals surface area (Å²) in [4.78, 5) is 0. The third kappa shape index (κ3) is 1.74. The second-order valence-electron chi connectivity index (χ2n) is 3.26. The lowest BCUT2D eigenvalue weighted by molar-refractivity contribution is 0.299. The predicted molar refractivity (Wildman–Crippen MR) is 59.7 cm³/mol. The first-order valence-corrected chi connectivity index (χ1v) is 4.97. The molecule has 0 amide bonds. The fraction of sp³-hybridized carbons (Fsp3) is 0.167. The zero-order chi connectivity index (χ0) is 9.97. The fourth-order valence-corrected chi connectivity index (χ4v) is 1.84. The molecule has 0 aromatic heterocycles. The maximum absolute atomic E-state index is 8.86. The standard InChI is InChI=1S/C12H11ClO/c13-12-8-10-4-2-1-3-9(10)7-11(12)5-6-14/h1-4,7-8,14H,5-6H2. The van der Waals surface area contributed by atoms with E-state index in [2.05, 4.69) is 0 Å². The number of rotatable bonds is 2. The van der Waals surface area contributed by atoms with Crippen LogP contribution in [0.15, 0.2) is 36.4 Å². The molecule has 2 aromatic carbocycles. The molecule has 0 saturated carbocycles. The minimum atomic E-state index is 0.137. The van der Waals surface area contributed by atoms with Gasteiger partial charge in [0.05, 0.1) is 0 Å². The zero-order valence-corrected chi connectivity index (χ0v) is 8.46. The Morgan fingerprint density at radius 3 is 2.36 bits per heavy atom. The van der Waals surface area contributed by atoms with E-state index in [1.165, 1.54) is 5.39 Å². The quantitative estimate of drug-likeness (QED) is 0.801. The van der Waals surface area contributed by atoms with Gasteiger partial charge in [-0.05, 0) is 34.9 Å². The minimum Gasteiger partial charge on any atom is -0.396 e. The number of hydrogen-bond donors (Lipinski definition) is 1. The highest BCUT2D eigenvalue weighted by Crippen LogP contribution is 2.24. The van der Waals surface area contributed by atoms with E-state index in [-0.39, 0.29) is 6.61 Å². The van der Waals surface area contributed by atoms with Gasteiger partial charge < -0.3 is 5.11 Å². The Kier molecular flexibility index (Phi) is 2.71. The molecule has 0 bridgehead atoms. The summed E-state index contributed by atoms with van der Waals surface area (Å²) in [5, 5.41) is 11.9. The monoisotopic (exact) mass is 206 g/mol. The average Bonchev–Trinajstić information content (AvgIpc) is 2.19. The first-order valence-electron chi connectivity index (χ1n) is 4.59. The van der Waals surface area contributed by atoms with E-state index in [4.69, 9.17) is 16.7 Å². The first kappa shape index (κ1) is 9.50. The van der Waals surface area contributed by atoms with Gasteiger partial charge in [0.1, 0.15) is 0 Å². The van der Waals surface area contributed by atoms with Crippen LogP contribution in [0.4, 0.5) is 0 Å². The van der Waals surface area contributed by atoms with Gasteiger partial charge in [-0.15, -0.1) is 0 Å². The van der Waals surface area contributed by atoms with Crippen molar-refractivity contribution in [2.24, 2.45) is 0 Å². The van der Waals surface area contributed by atoms with Gasteiger partial charge in [-0.3, -0.25) is 0 Å². The summed E-state index contributed by atoms with van der Waals surface area (Å²) >= 11 is 6.07. The maximum atomic E-state index is 8.86. The second kappa shape index (κ2) is 3.99. The minimum absolute atomic E-state index is 0.137. The second-order valence-corrected chi connectivity index (χ2v) is 3.67. The molecule has 0 radical (unpaired) electrons. The van der Waals surface area contributed by atoms with Crippen LogP contribution in [-0.4, -0.2) is 11.7 Å². The highest BCUT2D eigenvalue weighted by atomic mass is 35.5. The van der Waals surface area contributed by atoms with E-state index in [0.717, 1.165) is 16.0 Å². The summed E-state index contributed by atoms with van der Waals surface area (Å²) in [7, 11) is 0. The lowest BCUT2D eigenvalue weighted by atomic mass is 10.1. The molecular formula is C12H11ClO. The third-order valence-electron chi connectivity index (χ3n) is 2.30. The Labute approximate surface area is 87.9 Å². The van der Waals surface area contributed by atoms with Gasteiger partial charge >= 0.3 is 0 Å². The van der Waals surface area contributed by atoms with E-state index < -0.39 is 0 Å². The van der Waals surface area contributed by atoms with Gasteiger partial charge in [-0.25, -0.2) is 0 Å². The van der Waals surface area contributed by atoms with Crippen molar-refractivity contribution in [3.05, 3.63) is 47.0 Å². The number of aliphatic hydroxyl groups excluding tert-OH is 1. The fourth-order valence-electron chi connectivity index (χ4n) is 1.57. The molecule has 0 fully saturated rings. The molecule has 2 heteroatoms. The number of fused-ring (bicyclic) bond motifs is 1. The summed E-state index contributed by atoms with van der Waals surface area (Å²) in [6.45, 7) is 0.137. The van der Waals surface area contributed by atoms with Gasteiger partial charge in [0.25, 0.3) is 0 Å². The van der Waals surface area contributed by atoms with Crippen LogP contribution in [0.2, 0.25) is 5.02 Å². The molecule has 14 heavy (non-hydrogen) atoms. The Balaban J connectivity index is 2.59. The van der Waals surface area contributed by atoms with Crippen molar-refractivity contribution >= 4 is 22.4 Å². The van der Waals surface area contributed by atoms with Crippen molar-refractivity contribution in [3.8, 4) is 0 Å². The van der Waals surface area contributed by atoms with E-state index in [9.17, 15) is 0 Å². The molecule has 0 atom stereocenters. The highest BCUT2D eigenvalue weighted by Gasteiger charge is 2.01. The Morgan fingerprint density at radius 1 is 1.07 bits per heavy atom. The molecule has 2 aromatic rings. The highest BCUT2D eigenvalue weighted by molar-refractivity contribution is 6.32. The van der Waals surface area contributed by atoms with E-state index in [1.54, 1.807) is 0 Å². The van der Waals surface area contributed by atoms with Crippen LogP contribution in [0.5, 0.6) is 0 Å². The summed E-state index contributed by atoms with van der Waals surface area (Å²) in [5.74, 6) is 0. The molecule has 0 heterocycles. The van der Waals surface area contributed by atoms with E-state index >= 15 is 0 Å². The van der Waals surface area contributed by atoms with Crippen LogP contribution in [0.3, 0.4) is 0 Å². The first-order chi connectivity index (χ1) is 6.81. The molecule has 0 aliphatic carbocycles. The molecule has 1 N–H and O–H groups in total. The average molecular weight is 207 g/mol. The SMILES string of the molecule is OCCc1cc2ccccc2cc1Cl. The Hall–Kier alpha value is -1.05. The summed E-state index contributed by atoms with van der Waals surface area (Å²) in [6.07, 6.45) is 0.615. The lowest BCUT2D eigenvalue weighted by Gasteiger charge is -2.04. The van der Waals surface area contributed by atoms with Crippen LogP contribution in [0, 0.1) is 0 Å². The number of benzene rings is 2. The van der Waals surface area contributed by atoms with E-state index in [0.29, 0.717) is 6.42 Å². The molecule has 0 aliphatic rings. The molecule has 2 rings (SSSR count). The summed E-state index contributed by atoms with van der Waals surface area (Å²) in [5.41, 5.74) is 1.01. The molecular weight excluding hydrogens is 196 g/mol. The van der Waals surface area contributed by atoms with Gasteiger partial charge in [0.15, 0.2) is 0 Å². The Bertz CT molecular complexity index is 451. The number of hydrogen-bond acceptors (Lipinski definition) is 1. The smallest absolute Gasteiger partial charge is 0.0471 e. The van der Waals surface area contributed by atoms with Gasteiger partial charge in [0, 0.05) is 11.6 Å². The van der Waals surface area contributed by atoms with Crippen molar-refractivity contribution in [3.63, 3.8) is 0 Å². The zero-order valence-electron chi connectivity index (χ0n) is 7.70. The summed E-state index contributed by atoms with van der Waals surface area (Å²) < 4.78 is 0. The van der Waals surface area contributed by atoms with Gasteiger partial charge in [-0.2, -0.15) is 0 Å². The largest absolute Gasteiger partial charge is 0.396 e. The van der Waals surface area contributed by atoms with Crippen LogP contribution in [0.1, 0.15) is 5.56 Å². The Morgan fingerprint density at radius 2 is 1.71 bits per heavy atom. The molecule has 0 aliphatic heterocycles. The van der Waals surface area contributed by atoms with Crippen molar-refractivity contribution in [1.29, 1.82) is 0 Å². The molecule has 72 valence electrons. The summed E-state index contributed by atoms with van der Waals surface area (Å²) in [6, 6.07) is 12.1. The maximum Gasteiger partial charge on any atom is 0.0471 e. The van der Waals surface area contributed by atoms with Crippen LogP contribution >= 0.6 is 11.6 Å². The molecule has 0 spiro atoms. The molecule has 0 saturated heterocycles. The number of halogens is 1. The topological polar surface area (TPSA) is 20.2 Å². The van der Waals surface area contributed by atoms with Crippen molar-refractivity contribution < 1.29 is 5.11 Å². The van der Waals surface area contributed by atoms with E-state index in [1.807, 2.05) is 36.4 Å². The van der Waals surface area contributed by atoms with Crippen LogP contribution < -0.4 is 0 Å². The lowest BCUT2D eigenvalue weighted by Crippen LogP contribution is -1.91. The predicted octanol–water partition coefficient (Wildman–Crippen LogP) is 3.03. The number of aliphatic hydroxyl groups is 1.